The van der Waals surface area contributed by atoms with Crippen LogP contribution in [0.5, 0.6) is 0 Å². The Morgan fingerprint density at radius 1 is 1.33 bits per heavy atom. The van der Waals surface area contributed by atoms with Gasteiger partial charge in [0.05, 0.1) is 16.5 Å². The van der Waals surface area contributed by atoms with Crippen molar-refractivity contribution in [1.82, 2.24) is 9.27 Å². The van der Waals surface area contributed by atoms with Crippen LogP contribution in [0.1, 0.15) is 12.5 Å². The number of halogens is 1. The molecule has 2 heterocycles. The zero-order valence-corrected chi connectivity index (χ0v) is 9.79. The van der Waals surface area contributed by atoms with Crippen LogP contribution in [0.4, 0.5) is 4.39 Å². The van der Waals surface area contributed by atoms with Crippen LogP contribution in [0.2, 0.25) is 0 Å². The highest BCUT2D eigenvalue weighted by molar-refractivity contribution is 7.14. The van der Waals surface area contributed by atoms with Crippen LogP contribution in [0.3, 0.4) is 0 Å². The van der Waals surface area contributed by atoms with Gasteiger partial charge in [0.15, 0.2) is 0 Å². The monoisotopic (exact) mass is 266 g/mol. The first-order valence-corrected chi connectivity index (χ1v) is 5.99. The molecule has 5 nitrogen and oxygen atoms in total. The summed E-state index contributed by atoms with van der Waals surface area (Å²) in [7, 11) is 0. The quantitative estimate of drug-likeness (QED) is 0.776. The number of carbonyl (C=O) groups is 2. The molecule has 3 rings (SSSR count). The number of benzene rings is 1. The van der Waals surface area contributed by atoms with E-state index in [9.17, 15) is 18.8 Å². The molecule has 1 aliphatic heterocycles. The van der Waals surface area contributed by atoms with Crippen molar-refractivity contribution in [2.75, 3.05) is 0 Å². The highest BCUT2D eigenvalue weighted by atomic mass is 32.1. The molecule has 1 unspecified atom stereocenters. The van der Waals surface area contributed by atoms with Crippen LogP contribution >= 0.6 is 11.5 Å². The molecule has 1 atom stereocenters. The van der Waals surface area contributed by atoms with Gasteiger partial charge in [0, 0.05) is 0 Å². The Morgan fingerprint density at radius 2 is 2.11 bits per heavy atom. The molecule has 0 spiro atoms. The summed E-state index contributed by atoms with van der Waals surface area (Å²) in [4.78, 5) is 34.7. The van der Waals surface area contributed by atoms with Crippen LogP contribution < -0.4 is 10.9 Å². The normalized spacial score (nSPS) is 19.5. The highest BCUT2D eigenvalue weighted by Crippen LogP contribution is 2.25. The molecule has 0 saturated carbocycles. The smallest absolute Gasteiger partial charge is 0.269 e. The van der Waals surface area contributed by atoms with Gasteiger partial charge >= 0.3 is 0 Å². The van der Waals surface area contributed by atoms with Crippen LogP contribution in [0, 0.1) is 5.82 Å². The molecule has 92 valence electrons. The van der Waals surface area contributed by atoms with Crippen molar-refractivity contribution in [2.24, 2.45) is 0 Å². The number of carbonyl (C=O) groups excluding carboxylic acids is 2. The zero-order chi connectivity index (χ0) is 12.9. The van der Waals surface area contributed by atoms with Crippen molar-refractivity contribution in [2.45, 2.75) is 12.5 Å². The number of amides is 2. The predicted molar refractivity (Wildman–Crippen MR) is 62.8 cm³/mol. The van der Waals surface area contributed by atoms with E-state index in [2.05, 4.69) is 5.32 Å². The minimum absolute atomic E-state index is 0.0762. The molecule has 0 radical (unpaired) electrons. The number of hydrogen-bond acceptors (Lipinski definition) is 4. The van der Waals surface area contributed by atoms with Gasteiger partial charge in [0.1, 0.15) is 11.9 Å². The maximum atomic E-state index is 13.5. The first-order valence-electron chi connectivity index (χ1n) is 5.21. The van der Waals surface area contributed by atoms with Crippen molar-refractivity contribution in [3.05, 3.63) is 34.4 Å². The maximum Gasteiger partial charge on any atom is 0.269 e. The van der Waals surface area contributed by atoms with Crippen LogP contribution in [-0.4, -0.2) is 15.8 Å². The number of rotatable bonds is 1. The third-order valence-electron chi connectivity index (χ3n) is 2.81. The van der Waals surface area contributed by atoms with Gasteiger partial charge in [0.2, 0.25) is 5.91 Å². The van der Waals surface area contributed by atoms with Crippen LogP contribution in [-0.2, 0) is 9.59 Å². The van der Waals surface area contributed by atoms with Crippen LogP contribution in [0.15, 0.2) is 23.0 Å². The topological polar surface area (TPSA) is 68.2 Å². The van der Waals surface area contributed by atoms with Crippen molar-refractivity contribution in [3.63, 3.8) is 0 Å². The number of nitrogens with zero attached hydrogens (tertiary/aromatic N) is 1. The van der Waals surface area contributed by atoms with Crippen molar-refractivity contribution < 1.29 is 14.0 Å². The largest absolute Gasteiger partial charge is 0.295 e. The van der Waals surface area contributed by atoms with E-state index in [1.54, 1.807) is 0 Å². The second-order valence-electron chi connectivity index (χ2n) is 3.97. The third-order valence-corrected chi connectivity index (χ3v) is 4.03. The maximum absolute atomic E-state index is 13.5. The number of hydrogen-bond donors (Lipinski definition) is 1. The minimum atomic E-state index is -0.859. The molecule has 1 aromatic heterocycles. The van der Waals surface area contributed by atoms with Gasteiger partial charge in [-0.2, -0.15) is 0 Å². The summed E-state index contributed by atoms with van der Waals surface area (Å²) in [6.45, 7) is 0. The van der Waals surface area contributed by atoms with Crippen molar-refractivity contribution in [3.8, 4) is 0 Å². The molecular weight excluding hydrogens is 259 g/mol. The van der Waals surface area contributed by atoms with Gasteiger partial charge in [-0.05, 0) is 12.1 Å². The Bertz CT molecular complexity index is 733. The fraction of sp³-hybridized carbons (Fsp3) is 0.182. The lowest BCUT2D eigenvalue weighted by molar-refractivity contribution is -0.125. The van der Waals surface area contributed by atoms with Gasteiger partial charge in [-0.1, -0.05) is 17.6 Å². The van der Waals surface area contributed by atoms with E-state index >= 15 is 0 Å². The molecule has 2 aromatic rings. The molecular formula is C11H7FN2O3S. The lowest BCUT2D eigenvalue weighted by Crippen LogP contribution is -2.27. The third kappa shape index (κ3) is 1.47. The van der Waals surface area contributed by atoms with Gasteiger partial charge < -0.3 is 0 Å². The van der Waals surface area contributed by atoms with Crippen molar-refractivity contribution >= 4 is 33.4 Å². The number of imide groups is 1. The molecule has 1 fully saturated rings. The van der Waals surface area contributed by atoms with Gasteiger partial charge in [0.25, 0.3) is 11.5 Å². The van der Waals surface area contributed by atoms with E-state index in [0.717, 1.165) is 15.5 Å². The second kappa shape index (κ2) is 3.74. The Balaban J connectivity index is 2.22. The first kappa shape index (κ1) is 11.1. The van der Waals surface area contributed by atoms with E-state index in [0.29, 0.717) is 0 Å². The average Bonchev–Trinajstić information content (AvgIpc) is 2.81. The average molecular weight is 266 g/mol. The molecule has 0 aliphatic carbocycles. The lowest BCUT2D eigenvalue weighted by Gasteiger charge is -2.03. The summed E-state index contributed by atoms with van der Waals surface area (Å²) >= 11 is 0.870. The van der Waals surface area contributed by atoms with Crippen molar-refractivity contribution in [1.29, 1.82) is 0 Å². The molecule has 1 aliphatic rings. The molecule has 0 bridgehead atoms. The molecule has 1 aromatic carbocycles. The van der Waals surface area contributed by atoms with E-state index in [1.165, 1.54) is 18.2 Å². The highest BCUT2D eigenvalue weighted by Gasteiger charge is 2.34. The van der Waals surface area contributed by atoms with Crippen LogP contribution in [0.25, 0.3) is 10.1 Å². The summed E-state index contributed by atoms with van der Waals surface area (Å²) in [5, 5.41) is 2.36. The summed E-state index contributed by atoms with van der Waals surface area (Å²) in [5.74, 6) is -1.44. The fourth-order valence-electron chi connectivity index (χ4n) is 1.96. The summed E-state index contributed by atoms with van der Waals surface area (Å²) in [6.07, 6.45) is -0.0762. The van der Waals surface area contributed by atoms with Gasteiger partial charge in [-0.3, -0.25) is 19.7 Å². The Hall–Kier alpha value is -2.02. The fourth-order valence-corrected chi connectivity index (χ4v) is 3.05. The molecule has 18 heavy (non-hydrogen) atoms. The lowest BCUT2D eigenvalue weighted by atomic mass is 10.2. The standard InChI is InChI=1S/C11H7FN2O3S/c12-6-3-1-2-5-9(6)18-14(11(5)17)7-4-8(15)13-10(7)16/h1-3,7H,4H2,(H,13,15,16). The SMILES string of the molecule is O=C1CC(n2sc3c(F)cccc3c2=O)C(=O)N1. The van der Waals surface area contributed by atoms with E-state index in [4.69, 9.17) is 0 Å². The summed E-state index contributed by atoms with van der Waals surface area (Å²) < 4.78 is 14.9. The Morgan fingerprint density at radius 3 is 2.72 bits per heavy atom. The second-order valence-corrected chi connectivity index (χ2v) is 4.96. The zero-order valence-electron chi connectivity index (χ0n) is 8.97. The summed E-state index contributed by atoms with van der Waals surface area (Å²) in [5.41, 5.74) is -0.440. The molecule has 7 heteroatoms. The first-order chi connectivity index (χ1) is 8.58. The predicted octanol–water partition coefficient (Wildman–Crippen LogP) is 0.790. The van der Waals surface area contributed by atoms with Gasteiger partial charge in [-0.15, -0.1) is 0 Å². The molecule has 1 N–H and O–H groups in total. The number of fused-ring (bicyclic) bond motifs is 1. The Labute approximate surface area is 104 Å². The van der Waals surface area contributed by atoms with E-state index < -0.39 is 29.2 Å². The number of aromatic nitrogens is 1. The van der Waals surface area contributed by atoms with E-state index in [-0.39, 0.29) is 16.5 Å². The number of nitrogens with one attached hydrogen (secondary N) is 1. The Kier molecular flexibility index (Phi) is 2.30. The molecule has 2 amide bonds. The van der Waals surface area contributed by atoms with Gasteiger partial charge in [-0.25, -0.2) is 8.35 Å². The summed E-state index contributed by atoms with van der Waals surface area (Å²) in [6, 6.07) is 3.34. The van der Waals surface area contributed by atoms with E-state index in [1.807, 2.05) is 0 Å². The minimum Gasteiger partial charge on any atom is -0.295 e. The molecule has 1 saturated heterocycles.